The predicted molar refractivity (Wildman–Crippen MR) is 78.0 cm³/mol. The summed E-state index contributed by atoms with van der Waals surface area (Å²) in [6, 6.07) is 3.45. The molecule has 5 heteroatoms. The zero-order valence-corrected chi connectivity index (χ0v) is 12.6. The molecule has 1 saturated heterocycles. The zero-order valence-electron chi connectivity index (χ0n) is 12.6. The topological polar surface area (TPSA) is 62.7 Å². The number of piperazine rings is 1. The van der Waals surface area contributed by atoms with E-state index in [2.05, 4.69) is 4.90 Å². The average molecular weight is 279 g/mol. The number of hydrogen-bond acceptors (Lipinski definition) is 4. The van der Waals surface area contributed by atoms with Crippen LogP contribution in [0.4, 0.5) is 0 Å². The van der Waals surface area contributed by atoms with Gasteiger partial charge in [-0.05, 0) is 17.5 Å². The van der Waals surface area contributed by atoms with Gasteiger partial charge in [-0.2, -0.15) is 0 Å². The maximum Gasteiger partial charge on any atom is 0.240 e. The molecule has 1 unspecified atom stereocenters. The van der Waals surface area contributed by atoms with Crippen LogP contribution >= 0.6 is 0 Å². The van der Waals surface area contributed by atoms with Crippen LogP contribution in [0.5, 0.6) is 0 Å². The Morgan fingerprint density at radius 2 is 2.00 bits per heavy atom. The average Bonchev–Trinajstić information content (AvgIpc) is 2.90. The van der Waals surface area contributed by atoms with Crippen LogP contribution in [0.15, 0.2) is 22.8 Å². The molecular formula is C15H25N3O2. The van der Waals surface area contributed by atoms with Crippen molar-refractivity contribution in [1.82, 2.24) is 9.80 Å². The van der Waals surface area contributed by atoms with E-state index in [4.69, 9.17) is 10.2 Å². The fourth-order valence-corrected chi connectivity index (χ4v) is 2.32. The number of carbonyl (C=O) groups excluding carboxylic acids is 1. The van der Waals surface area contributed by atoms with Crippen LogP contribution in [-0.4, -0.2) is 47.9 Å². The molecule has 0 bridgehead atoms. The number of amides is 1. The van der Waals surface area contributed by atoms with E-state index in [-0.39, 0.29) is 11.3 Å². The first kappa shape index (κ1) is 15.1. The van der Waals surface area contributed by atoms with Gasteiger partial charge in [0.15, 0.2) is 0 Å². The maximum absolute atomic E-state index is 12.3. The lowest BCUT2D eigenvalue weighted by molar-refractivity contribution is -0.136. The highest BCUT2D eigenvalue weighted by atomic mass is 16.3. The number of nitrogens with two attached hydrogens (primary N) is 1. The van der Waals surface area contributed by atoms with Crippen LogP contribution in [0.2, 0.25) is 0 Å². The summed E-state index contributed by atoms with van der Waals surface area (Å²) in [6.07, 6.45) is 1.69. The van der Waals surface area contributed by atoms with Gasteiger partial charge in [0.2, 0.25) is 5.91 Å². The summed E-state index contributed by atoms with van der Waals surface area (Å²) in [6.45, 7) is 10.0. The zero-order chi connectivity index (χ0) is 14.8. The third kappa shape index (κ3) is 3.61. The molecule has 5 nitrogen and oxygen atoms in total. The van der Waals surface area contributed by atoms with Crippen molar-refractivity contribution in [3.63, 3.8) is 0 Å². The van der Waals surface area contributed by atoms with Crippen molar-refractivity contribution >= 4 is 5.91 Å². The van der Waals surface area contributed by atoms with Gasteiger partial charge in [0.25, 0.3) is 0 Å². The minimum Gasteiger partial charge on any atom is -0.468 e. The summed E-state index contributed by atoms with van der Waals surface area (Å²) in [7, 11) is 0. The lowest BCUT2D eigenvalue weighted by Crippen LogP contribution is -2.56. The largest absolute Gasteiger partial charge is 0.468 e. The van der Waals surface area contributed by atoms with Gasteiger partial charge in [-0.1, -0.05) is 20.8 Å². The predicted octanol–water partition coefficient (Wildman–Crippen LogP) is 1.30. The van der Waals surface area contributed by atoms with Crippen LogP contribution in [0.1, 0.15) is 26.5 Å². The van der Waals surface area contributed by atoms with E-state index in [9.17, 15) is 4.79 Å². The van der Waals surface area contributed by atoms with Crippen molar-refractivity contribution < 1.29 is 9.21 Å². The molecule has 1 aromatic rings. The van der Waals surface area contributed by atoms with Gasteiger partial charge in [-0.25, -0.2) is 0 Å². The van der Waals surface area contributed by atoms with E-state index in [1.54, 1.807) is 6.26 Å². The number of hydrogen-bond donors (Lipinski definition) is 1. The minimum atomic E-state index is -0.431. The van der Waals surface area contributed by atoms with Gasteiger partial charge in [0.1, 0.15) is 5.76 Å². The molecular weight excluding hydrogens is 254 g/mol. The smallest absolute Gasteiger partial charge is 0.240 e. The molecule has 1 amide bonds. The molecule has 1 fully saturated rings. The standard InChI is InChI=1S/C15H25N3O2/c1-15(2,3)13(16)14(19)18-8-6-17(7-9-18)11-12-5-4-10-20-12/h4-5,10,13H,6-9,11,16H2,1-3H3. The lowest BCUT2D eigenvalue weighted by Gasteiger charge is -2.37. The van der Waals surface area contributed by atoms with Crippen molar-refractivity contribution in [1.29, 1.82) is 0 Å². The molecule has 1 aliphatic rings. The fourth-order valence-electron chi connectivity index (χ4n) is 2.32. The Bertz CT molecular complexity index is 428. The Kier molecular flexibility index (Phi) is 4.50. The van der Waals surface area contributed by atoms with E-state index in [0.717, 1.165) is 38.5 Å². The molecule has 1 aliphatic heterocycles. The fraction of sp³-hybridized carbons (Fsp3) is 0.667. The third-order valence-corrected chi connectivity index (χ3v) is 3.84. The molecule has 0 spiro atoms. The Morgan fingerprint density at radius 1 is 1.35 bits per heavy atom. The van der Waals surface area contributed by atoms with Crippen LogP contribution < -0.4 is 5.73 Å². The van der Waals surface area contributed by atoms with E-state index in [1.165, 1.54) is 0 Å². The van der Waals surface area contributed by atoms with Crippen molar-refractivity contribution in [2.45, 2.75) is 33.4 Å². The van der Waals surface area contributed by atoms with Gasteiger partial charge in [-0.3, -0.25) is 9.69 Å². The monoisotopic (exact) mass is 279 g/mol. The SMILES string of the molecule is CC(C)(C)C(N)C(=O)N1CCN(Cc2ccco2)CC1. The second kappa shape index (κ2) is 5.97. The molecule has 20 heavy (non-hydrogen) atoms. The summed E-state index contributed by atoms with van der Waals surface area (Å²) >= 11 is 0. The van der Waals surface area contributed by atoms with Gasteiger partial charge < -0.3 is 15.1 Å². The van der Waals surface area contributed by atoms with Crippen LogP contribution in [0, 0.1) is 5.41 Å². The highest BCUT2D eigenvalue weighted by Gasteiger charge is 2.32. The Balaban J connectivity index is 1.83. The summed E-state index contributed by atoms with van der Waals surface area (Å²) in [5.41, 5.74) is 5.86. The van der Waals surface area contributed by atoms with Gasteiger partial charge in [0.05, 0.1) is 18.8 Å². The van der Waals surface area contributed by atoms with Crippen molar-refractivity contribution in [2.24, 2.45) is 11.1 Å². The molecule has 0 aliphatic carbocycles. The van der Waals surface area contributed by atoms with Crippen LogP contribution in [0.25, 0.3) is 0 Å². The summed E-state index contributed by atoms with van der Waals surface area (Å²) in [5.74, 6) is 1.03. The normalized spacial score (nSPS) is 19.1. The van der Waals surface area contributed by atoms with Crippen LogP contribution in [0.3, 0.4) is 0 Å². The Morgan fingerprint density at radius 3 is 2.50 bits per heavy atom. The second-order valence-electron chi connectivity index (χ2n) is 6.52. The summed E-state index contributed by atoms with van der Waals surface area (Å²) in [4.78, 5) is 16.5. The van der Waals surface area contributed by atoms with Crippen molar-refractivity contribution in [3.05, 3.63) is 24.2 Å². The van der Waals surface area contributed by atoms with E-state index < -0.39 is 6.04 Å². The molecule has 0 saturated carbocycles. The first-order chi connectivity index (χ1) is 9.38. The van der Waals surface area contributed by atoms with Gasteiger partial charge >= 0.3 is 0 Å². The molecule has 2 N–H and O–H groups in total. The lowest BCUT2D eigenvalue weighted by atomic mass is 9.86. The highest BCUT2D eigenvalue weighted by molar-refractivity contribution is 5.82. The molecule has 2 heterocycles. The second-order valence-corrected chi connectivity index (χ2v) is 6.52. The summed E-state index contributed by atoms with van der Waals surface area (Å²) in [5, 5.41) is 0. The van der Waals surface area contributed by atoms with E-state index in [1.807, 2.05) is 37.8 Å². The Labute approximate surface area is 120 Å². The molecule has 1 aromatic heterocycles. The molecule has 0 radical (unpaired) electrons. The number of nitrogens with zero attached hydrogens (tertiary/aromatic N) is 2. The molecule has 1 atom stereocenters. The number of carbonyl (C=O) groups is 1. The first-order valence-electron chi connectivity index (χ1n) is 7.17. The highest BCUT2D eigenvalue weighted by Crippen LogP contribution is 2.20. The van der Waals surface area contributed by atoms with E-state index in [0.29, 0.717) is 0 Å². The van der Waals surface area contributed by atoms with Gasteiger partial charge in [-0.15, -0.1) is 0 Å². The van der Waals surface area contributed by atoms with Crippen molar-refractivity contribution in [2.75, 3.05) is 26.2 Å². The first-order valence-corrected chi connectivity index (χ1v) is 7.17. The van der Waals surface area contributed by atoms with Crippen LogP contribution in [-0.2, 0) is 11.3 Å². The molecule has 2 rings (SSSR count). The maximum atomic E-state index is 12.3. The van der Waals surface area contributed by atoms with E-state index >= 15 is 0 Å². The minimum absolute atomic E-state index is 0.0650. The number of rotatable bonds is 3. The van der Waals surface area contributed by atoms with Gasteiger partial charge in [0, 0.05) is 26.2 Å². The molecule has 0 aromatic carbocycles. The quantitative estimate of drug-likeness (QED) is 0.906. The Hall–Kier alpha value is -1.33. The molecule has 112 valence electrons. The number of furan rings is 1. The summed E-state index contributed by atoms with van der Waals surface area (Å²) < 4.78 is 5.35. The van der Waals surface area contributed by atoms with Crippen molar-refractivity contribution in [3.8, 4) is 0 Å². The third-order valence-electron chi connectivity index (χ3n) is 3.84.